The maximum atomic E-state index is 10.9. The van der Waals surface area contributed by atoms with Crippen molar-refractivity contribution in [3.63, 3.8) is 0 Å². The molecule has 0 aliphatic rings. The molecule has 1 rings (SSSR count). The monoisotopic (exact) mass is 259 g/mol. The number of hydrogen-bond acceptors (Lipinski definition) is 5. The van der Waals surface area contributed by atoms with Crippen LogP contribution in [0.1, 0.15) is 0 Å². The van der Waals surface area contributed by atoms with Gasteiger partial charge >= 0.3 is 0 Å². The van der Waals surface area contributed by atoms with Crippen LogP contribution < -0.4 is 19.9 Å². The number of rotatable bonds is 6. The van der Waals surface area contributed by atoms with Crippen molar-refractivity contribution < 1.29 is 18.4 Å². The molecule has 96 valence electrons. The molecule has 0 bridgehead atoms. The fourth-order valence-electron chi connectivity index (χ4n) is 1.28. The molecule has 0 spiro atoms. The predicted molar refractivity (Wildman–Crippen MR) is 68.4 cm³/mol. The van der Waals surface area contributed by atoms with Gasteiger partial charge in [0.05, 0.1) is 25.7 Å². The summed E-state index contributed by atoms with van der Waals surface area (Å²) in [6.45, 7) is 0.329. The number of ether oxygens (including phenoxy) is 3. The Balaban J connectivity index is 2.86. The maximum absolute atomic E-state index is 10.9. The molecule has 0 aromatic heterocycles. The van der Waals surface area contributed by atoms with Crippen LogP contribution >= 0.6 is 0 Å². The summed E-state index contributed by atoms with van der Waals surface area (Å²) in [5.74, 6) is 2.02. The molecule has 0 aliphatic heterocycles. The number of nitrogens with two attached hydrogens (primary N) is 1. The van der Waals surface area contributed by atoms with Crippen molar-refractivity contribution in [3.05, 3.63) is 12.1 Å². The molecule has 17 heavy (non-hydrogen) atoms. The molecule has 0 amide bonds. The van der Waals surface area contributed by atoms with Crippen LogP contribution in [-0.2, 0) is 10.8 Å². The fraction of sp³-hybridized carbons (Fsp3) is 0.455. The molecule has 1 unspecified atom stereocenters. The highest BCUT2D eigenvalue weighted by Crippen LogP contribution is 2.37. The first-order chi connectivity index (χ1) is 8.08. The quantitative estimate of drug-likeness (QED) is 0.773. The van der Waals surface area contributed by atoms with Gasteiger partial charge in [-0.05, 0) is 0 Å². The van der Waals surface area contributed by atoms with Crippen LogP contribution in [0.2, 0.25) is 0 Å². The van der Waals surface area contributed by atoms with E-state index in [0.29, 0.717) is 35.3 Å². The number of anilines is 1. The van der Waals surface area contributed by atoms with E-state index in [4.69, 9.17) is 19.9 Å². The van der Waals surface area contributed by atoms with Gasteiger partial charge in [-0.15, -0.1) is 0 Å². The summed E-state index contributed by atoms with van der Waals surface area (Å²) in [5, 5.41) is 0. The van der Waals surface area contributed by atoms with Gasteiger partial charge in [-0.2, -0.15) is 0 Å². The molecule has 0 aliphatic carbocycles. The van der Waals surface area contributed by atoms with Crippen LogP contribution in [0.5, 0.6) is 17.2 Å². The lowest BCUT2D eigenvalue weighted by atomic mass is 10.2. The van der Waals surface area contributed by atoms with Crippen LogP contribution in [0.15, 0.2) is 12.1 Å². The Morgan fingerprint density at radius 1 is 1.29 bits per heavy atom. The van der Waals surface area contributed by atoms with Crippen molar-refractivity contribution in [3.8, 4) is 17.2 Å². The van der Waals surface area contributed by atoms with Crippen LogP contribution in [0.25, 0.3) is 0 Å². The average Bonchev–Trinajstić information content (AvgIpc) is 2.30. The Bertz CT molecular complexity index is 409. The Kier molecular flexibility index (Phi) is 5.09. The van der Waals surface area contributed by atoms with Gasteiger partial charge in [0.25, 0.3) is 0 Å². The van der Waals surface area contributed by atoms with Gasteiger partial charge in [-0.1, -0.05) is 0 Å². The zero-order valence-corrected chi connectivity index (χ0v) is 11.0. The van der Waals surface area contributed by atoms with Gasteiger partial charge in [-0.3, -0.25) is 4.21 Å². The van der Waals surface area contributed by atoms with Gasteiger partial charge in [0.2, 0.25) is 0 Å². The van der Waals surface area contributed by atoms with Crippen LogP contribution in [-0.4, -0.2) is 37.0 Å². The highest BCUT2D eigenvalue weighted by atomic mass is 32.2. The Labute approximate surface area is 103 Å². The summed E-state index contributed by atoms with van der Waals surface area (Å²) in [6, 6.07) is 3.34. The molecule has 0 fully saturated rings. The minimum atomic E-state index is -0.892. The van der Waals surface area contributed by atoms with E-state index in [1.165, 1.54) is 7.11 Å². The Morgan fingerprint density at radius 3 is 2.53 bits per heavy atom. The van der Waals surface area contributed by atoms with Gasteiger partial charge in [0, 0.05) is 29.2 Å². The van der Waals surface area contributed by atoms with Crippen molar-refractivity contribution in [1.82, 2.24) is 0 Å². The SMILES string of the molecule is COc1cc(N)c(OCCS(C)=O)c(OC)c1. The van der Waals surface area contributed by atoms with Crippen molar-refractivity contribution in [1.29, 1.82) is 0 Å². The van der Waals surface area contributed by atoms with E-state index < -0.39 is 10.8 Å². The minimum absolute atomic E-state index is 0.329. The first kappa shape index (κ1) is 13.6. The average molecular weight is 259 g/mol. The molecular formula is C11H17NO4S. The molecule has 1 aromatic carbocycles. The number of benzene rings is 1. The Hall–Kier alpha value is -1.43. The minimum Gasteiger partial charge on any atom is -0.497 e. The summed E-state index contributed by atoms with van der Waals surface area (Å²) >= 11 is 0. The number of nitrogen functional groups attached to an aromatic ring is 1. The number of hydrogen-bond donors (Lipinski definition) is 1. The van der Waals surface area contributed by atoms with E-state index in [2.05, 4.69) is 0 Å². The summed E-state index contributed by atoms with van der Waals surface area (Å²) in [6.07, 6.45) is 1.62. The zero-order valence-electron chi connectivity index (χ0n) is 10.2. The van der Waals surface area contributed by atoms with Gasteiger partial charge in [0.15, 0.2) is 11.5 Å². The zero-order chi connectivity index (χ0) is 12.8. The van der Waals surface area contributed by atoms with E-state index in [1.807, 2.05) is 0 Å². The van der Waals surface area contributed by atoms with Crippen LogP contribution in [0.3, 0.4) is 0 Å². The second-order valence-corrected chi connectivity index (χ2v) is 4.93. The lowest BCUT2D eigenvalue weighted by Gasteiger charge is -2.14. The molecule has 6 heteroatoms. The normalized spacial score (nSPS) is 11.9. The summed E-state index contributed by atoms with van der Waals surface area (Å²) in [4.78, 5) is 0. The third-order valence-electron chi connectivity index (χ3n) is 2.13. The summed E-state index contributed by atoms with van der Waals surface area (Å²) in [7, 11) is 2.19. The second-order valence-electron chi connectivity index (χ2n) is 3.37. The van der Waals surface area contributed by atoms with Gasteiger partial charge < -0.3 is 19.9 Å². The molecule has 1 aromatic rings. The van der Waals surface area contributed by atoms with E-state index in [1.54, 1.807) is 25.5 Å². The summed E-state index contributed by atoms with van der Waals surface area (Å²) in [5.41, 5.74) is 6.26. The van der Waals surface area contributed by atoms with Crippen LogP contribution in [0.4, 0.5) is 5.69 Å². The van der Waals surface area contributed by atoms with Crippen LogP contribution in [0, 0.1) is 0 Å². The molecule has 5 nitrogen and oxygen atoms in total. The molecule has 0 heterocycles. The van der Waals surface area contributed by atoms with Crippen molar-refractivity contribution in [2.24, 2.45) is 0 Å². The first-order valence-electron chi connectivity index (χ1n) is 5.02. The highest BCUT2D eigenvalue weighted by Gasteiger charge is 2.11. The summed E-state index contributed by atoms with van der Waals surface area (Å²) < 4.78 is 26.6. The second kappa shape index (κ2) is 6.34. The third kappa shape index (κ3) is 3.81. The number of methoxy groups -OCH3 is 2. The molecular weight excluding hydrogens is 242 g/mol. The molecule has 2 N–H and O–H groups in total. The van der Waals surface area contributed by atoms with E-state index in [0.717, 1.165) is 0 Å². The Morgan fingerprint density at radius 2 is 2.00 bits per heavy atom. The maximum Gasteiger partial charge on any atom is 0.184 e. The topological polar surface area (TPSA) is 70.8 Å². The molecule has 0 saturated carbocycles. The van der Waals surface area contributed by atoms with Crippen molar-refractivity contribution >= 4 is 16.5 Å². The molecule has 0 radical (unpaired) electrons. The standard InChI is InChI=1S/C11H17NO4S/c1-14-8-6-9(12)11(10(7-8)15-2)16-4-5-17(3)13/h6-7H,4-5,12H2,1-3H3. The lowest BCUT2D eigenvalue weighted by Crippen LogP contribution is -2.09. The highest BCUT2D eigenvalue weighted by molar-refractivity contribution is 7.84. The molecule has 1 atom stereocenters. The van der Waals surface area contributed by atoms with E-state index >= 15 is 0 Å². The van der Waals surface area contributed by atoms with Crippen molar-refractivity contribution in [2.75, 3.05) is 38.6 Å². The largest absolute Gasteiger partial charge is 0.497 e. The van der Waals surface area contributed by atoms with Crippen molar-refractivity contribution in [2.45, 2.75) is 0 Å². The van der Waals surface area contributed by atoms with E-state index in [-0.39, 0.29) is 0 Å². The molecule has 0 saturated heterocycles. The van der Waals surface area contributed by atoms with E-state index in [9.17, 15) is 4.21 Å². The first-order valence-corrected chi connectivity index (χ1v) is 6.75. The van der Waals surface area contributed by atoms with Gasteiger partial charge in [-0.25, -0.2) is 0 Å². The third-order valence-corrected chi connectivity index (χ3v) is 2.87. The lowest BCUT2D eigenvalue weighted by molar-refractivity contribution is 0.312. The smallest absolute Gasteiger partial charge is 0.184 e. The van der Waals surface area contributed by atoms with Gasteiger partial charge in [0.1, 0.15) is 12.4 Å². The predicted octanol–water partition coefficient (Wildman–Crippen LogP) is 1.04. The fourth-order valence-corrected chi connectivity index (χ4v) is 1.60.